The quantitative estimate of drug-likeness (QED) is 0.725. The van der Waals surface area contributed by atoms with Crippen LogP contribution in [0.3, 0.4) is 0 Å². The Balaban J connectivity index is 2.72. The Morgan fingerprint density at radius 2 is 2.12 bits per heavy atom. The van der Waals surface area contributed by atoms with Crippen LogP contribution in [0.4, 0.5) is 0 Å². The highest BCUT2D eigenvalue weighted by Gasteiger charge is 2.17. The van der Waals surface area contributed by atoms with E-state index >= 15 is 0 Å². The molecule has 0 spiro atoms. The summed E-state index contributed by atoms with van der Waals surface area (Å²) >= 11 is 0. The van der Waals surface area contributed by atoms with Gasteiger partial charge in [-0.25, -0.2) is 9.78 Å². The average molecular weight is 224 g/mol. The van der Waals surface area contributed by atoms with Crippen molar-refractivity contribution < 1.29 is 14.3 Å². The van der Waals surface area contributed by atoms with Crippen LogP contribution in [0, 0.1) is 0 Å². The van der Waals surface area contributed by atoms with Crippen molar-refractivity contribution in [3.05, 3.63) is 18.1 Å². The molecule has 0 unspecified atom stereocenters. The predicted molar refractivity (Wildman–Crippen MR) is 58.2 cm³/mol. The Morgan fingerprint density at radius 1 is 1.44 bits per heavy atom. The van der Waals surface area contributed by atoms with E-state index in [0.717, 1.165) is 0 Å². The highest BCUT2D eigenvalue weighted by atomic mass is 16.6. The maximum atomic E-state index is 10.9. The number of esters is 1. The highest BCUT2D eigenvalue weighted by Crippen LogP contribution is 2.19. The minimum atomic E-state index is -0.434. The van der Waals surface area contributed by atoms with Gasteiger partial charge in [-0.3, -0.25) is 0 Å². The first-order chi connectivity index (χ1) is 7.43. The van der Waals surface area contributed by atoms with Crippen molar-refractivity contribution in [2.45, 2.75) is 26.2 Å². The smallest absolute Gasteiger partial charge is 0.343 e. The first-order valence-electron chi connectivity index (χ1n) is 4.96. The predicted octanol–water partition coefficient (Wildman–Crippen LogP) is 1.33. The molecule has 0 fully saturated rings. The largest absolute Gasteiger partial charge is 0.466 e. The number of nitrogens with zero attached hydrogens (tertiary/aromatic N) is 2. The lowest BCUT2D eigenvalue weighted by atomic mass is 9.96. The second-order valence-corrected chi connectivity index (χ2v) is 4.33. The maximum Gasteiger partial charge on any atom is 0.343 e. The van der Waals surface area contributed by atoms with Crippen LogP contribution in [-0.2, 0) is 14.9 Å². The summed E-state index contributed by atoms with van der Waals surface area (Å²) in [7, 11) is 1.31. The van der Waals surface area contributed by atoms with Gasteiger partial charge in [0.15, 0.2) is 6.61 Å². The zero-order valence-electron chi connectivity index (χ0n) is 9.98. The molecule has 0 amide bonds. The van der Waals surface area contributed by atoms with Crippen molar-refractivity contribution in [1.82, 2.24) is 9.97 Å². The summed E-state index contributed by atoms with van der Waals surface area (Å²) in [4.78, 5) is 19.2. The lowest BCUT2D eigenvalue weighted by molar-refractivity contribution is -0.143. The summed E-state index contributed by atoms with van der Waals surface area (Å²) in [5.74, 6) is 0.621. The summed E-state index contributed by atoms with van der Waals surface area (Å²) < 4.78 is 9.63. The van der Waals surface area contributed by atoms with Gasteiger partial charge >= 0.3 is 5.97 Å². The second-order valence-electron chi connectivity index (χ2n) is 4.33. The zero-order valence-corrected chi connectivity index (χ0v) is 9.98. The van der Waals surface area contributed by atoms with E-state index in [1.807, 2.05) is 20.8 Å². The molecule has 0 radical (unpaired) electrons. The van der Waals surface area contributed by atoms with E-state index in [4.69, 9.17) is 4.74 Å². The third-order valence-electron chi connectivity index (χ3n) is 1.87. The average Bonchev–Trinajstić information content (AvgIpc) is 2.25. The topological polar surface area (TPSA) is 61.3 Å². The fourth-order valence-electron chi connectivity index (χ4n) is 0.976. The van der Waals surface area contributed by atoms with Gasteiger partial charge in [-0.1, -0.05) is 20.8 Å². The number of rotatable bonds is 3. The van der Waals surface area contributed by atoms with E-state index in [1.165, 1.54) is 7.11 Å². The van der Waals surface area contributed by atoms with Crippen molar-refractivity contribution in [2.75, 3.05) is 13.7 Å². The Kier molecular flexibility index (Phi) is 3.82. The maximum absolute atomic E-state index is 10.9. The number of methoxy groups -OCH3 is 1. The van der Waals surface area contributed by atoms with E-state index in [2.05, 4.69) is 14.7 Å². The third kappa shape index (κ3) is 3.49. The molecule has 16 heavy (non-hydrogen) atoms. The van der Waals surface area contributed by atoms with Gasteiger partial charge < -0.3 is 9.47 Å². The third-order valence-corrected chi connectivity index (χ3v) is 1.87. The first-order valence-corrected chi connectivity index (χ1v) is 4.96. The van der Waals surface area contributed by atoms with Gasteiger partial charge in [0.25, 0.3) is 0 Å². The van der Waals surface area contributed by atoms with Crippen LogP contribution in [0.2, 0.25) is 0 Å². The number of carbonyl (C=O) groups excluding carboxylic acids is 1. The Hall–Kier alpha value is -1.65. The van der Waals surface area contributed by atoms with Crippen LogP contribution in [0.1, 0.15) is 26.6 Å². The van der Waals surface area contributed by atoms with E-state index in [1.54, 1.807) is 12.3 Å². The fourth-order valence-corrected chi connectivity index (χ4v) is 0.976. The second kappa shape index (κ2) is 4.92. The SMILES string of the molecule is COC(=O)COc1ccnc(C(C)(C)C)n1. The van der Waals surface area contributed by atoms with Crippen molar-refractivity contribution in [3.8, 4) is 5.88 Å². The molecule has 0 N–H and O–H groups in total. The molecule has 5 nitrogen and oxygen atoms in total. The molecule has 0 saturated carbocycles. The summed E-state index contributed by atoms with van der Waals surface area (Å²) in [6.07, 6.45) is 1.61. The van der Waals surface area contributed by atoms with Gasteiger partial charge in [0, 0.05) is 17.7 Å². The molecular formula is C11H16N2O3. The Bertz CT molecular complexity index is 372. The molecule has 1 heterocycles. The molecule has 1 aromatic heterocycles. The normalized spacial score (nSPS) is 11.0. The Morgan fingerprint density at radius 3 is 2.69 bits per heavy atom. The van der Waals surface area contributed by atoms with Crippen molar-refractivity contribution in [3.63, 3.8) is 0 Å². The minimum Gasteiger partial charge on any atom is -0.466 e. The van der Waals surface area contributed by atoms with Crippen molar-refractivity contribution in [1.29, 1.82) is 0 Å². The standard InChI is InChI=1S/C11H16N2O3/c1-11(2,3)10-12-6-5-8(13-10)16-7-9(14)15-4/h5-6H,7H2,1-4H3. The molecule has 0 saturated heterocycles. The molecule has 5 heteroatoms. The lowest BCUT2D eigenvalue weighted by Gasteiger charge is -2.16. The minimum absolute atomic E-state index is 0.142. The van der Waals surface area contributed by atoms with Crippen molar-refractivity contribution >= 4 is 5.97 Å². The number of aromatic nitrogens is 2. The zero-order chi connectivity index (χ0) is 12.2. The molecule has 1 rings (SSSR count). The van der Waals surface area contributed by atoms with Gasteiger partial charge in [-0.05, 0) is 0 Å². The van der Waals surface area contributed by atoms with Gasteiger partial charge in [0.2, 0.25) is 5.88 Å². The fraction of sp³-hybridized carbons (Fsp3) is 0.545. The summed E-state index contributed by atoms with van der Waals surface area (Å²) in [5.41, 5.74) is -0.148. The van der Waals surface area contributed by atoms with E-state index in [0.29, 0.717) is 11.7 Å². The number of hydrogen-bond donors (Lipinski definition) is 0. The van der Waals surface area contributed by atoms with Crippen LogP contribution in [0.15, 0.2) is 12.3 Å². The molecule has 0 aliphatic carbocycles. The first kappa shape index (κ1) is 12.4. The van der Waals surface area contributed by atoms with Gasteiger partial charge in [-0.15, -0.1) is 0 Å². The number of ether oxygens (including phenoxy) is 2. The van der Waals surface area contributed by atoms with E-state index in [9.17, 15) is 4.79 Å². The molecule has 0 aliphatic rings. The van der Waals surface area contributed by atoms with Gasteiger partial charge in [0.05, 0.1) is 7.11 Å². The highest BCUT2D eigenvalue weighted by molar-refractivity contribution is 5.70. The molecule has 0 atom stereocenters. The monoisotopic (exact) mass is 224 g/mol. The summed E-state index contributed by atoms with van der Waals surface area (Å²) in [6.45, 7) is 5.88. The molecule has 0 aliphatic heterocycles. The molecular weight excluding hydrogens is 208 g/mol. The number of carbonyl (C=O) groups is 1. The molecule has 88 valence electrons. The molecule has 1 aromatic rings. The van der Waals surface area contributed by atoms with Gasteiger partial charge in [-0.2, -0.15) is 4.98 Å². The molecule has 0 aromatic carbocycles. The van der Waals surface area contributed by atoms with Crippen LogP contribution in [0.25, 0.3) is 0 Å². The Labute approximate surface area is 94.8 Å². The molecule has 0 bridgehead atoms. The summed E-state index contributed by atoms with van der Waals surface area (Å²) in [5, 5.41) is 0. The van der Waals surface area contributed by atoms with Crippen LogP contribution in [-0.4, -0.2) is 29.7 Å². The van der Waals surface area contributed by atoms with Gasteiger partial charge in [0.1, 0.15) is 5.82 Å². The lowest BCUT2D eigenvalue weighted by Crippen LogP contribution is -2.18. The van der Waals surface area contributed by atoms with Crippen molar-refractivity contribution in [2.24, 2.45) is 0 Å². The van der Waals surface area contributed by atoms with E-state index < -0.39 is 5.97 Å². The van der Waals surface area contributed by atoms with Crippen LogP contribution in [0.5, 0.6) is 5.88 Å². The van der Waals surface area contributed by atoms with Crippen LogP contribution < -0.4 is 4.74 Å². The van der Waals surface area contributed by atoms with Crippen LogP contribution >= 0.6 is 0 Å². The van der Waals surface area contributed by atoms with E-state index in [-0.39, 0.29) is 12.0 Å². The number of hydrogen-bond acceptors (Lipinski definition) is 5. The summed E-state index contributed by atoms with van der Waals surface area (Å²) in [6, 6.07) is 1.61.